The van der Waals surface area contributed by atoms with Crippen molar-refractivity contribution in [1.29, 1.82) is 0 Å². The van der Waals surface area contributed by atoms with Crippen molar-refractivity contribution in [2.24, 2.45) is 5.41 Å². The summed E-state index contributed by atoms with van der Waals surface area (Å²) in [6.45, 7) is 0. The molecule has 0 aliphatic heterocycles. The molecule has 0 saturated heterocycles. The van der Waals surface area contributed by atoms with Gasteiger partial charge < -0.3 is 10.4 Å². The van der Waals surface area contributed by atoms with Gasteiger partial charge in [-0.1, -0.05) is 24.4 Å². The maximum Gasteiger partial charge on any atom is 0.416 e. The van der Waals surface area contributed by atoms with Gasteiger partial charge in [0.1, 0.15) is 0 Å². The van der Waals surface area contributed by atoms with Crippen molar-refractivity contribution in [3.05, 3.63) is 28.8 Å². The second-order valence-electron chi connectivity index (χ2n) is 5.71. The fraction of sp³-hybridized carbons (Fsp3) is 0.467. The molecule has 0 atom stereocenters. The summed E-state index contributed by atoms with van der Waals surface area (Å²) in [5.74, 6) is -1.60. The summed E-state index contributed by atoms with van der Waals surface area (Å²) in [6.07, 6.45) is -2.45. The van der Waals surface area contributed by atoms with Gasteiger partial charge in [-0.2, -0.15) is 13.2 Å². The molecule has 4 nitrogen and oxygen atoms in total. The summed E-state index contributed by atoms with van der Waals surface area (Å²) in [7, 11) is 0. The molecular formula is C15H15ClF3NO3. The fourth-order valence-corrected chi connectivity index (χ4v) is 3.04. The minimum Gasteiger partial charge on any atom is -0.481 e. The molecule has 0 heterocycles. The standard InChI is InChI=1S/C15H15ClF3NO3/c16-10-7-9(15(17,18)19)3-4-11(10)20-12(21)8-14(13(22)23)5-1-2-6-14/h3-4,7H,1-2,5-6,8H2,(H,20,21)(H,22,23). The largest absolute Gasteiger partial charge is 0.481 e. The molecule has 0 aromatic heterocycles. The quantitative estimate of drug-likeness (QED) is 0.850. The average Bonchev–Trinajstić information content (AvgIpc) is 2.89. The molecule has 0 spiro atoms. The minimum atomic E-state index is -4.52. The van der Waals surface area contributed by atoms with E-state index < -0.39 is 29.0 Å². The van der Waals surface area contributed by atoms with Gasteiger partial charge in [0.2, 0.25) is 5.91 Å². The van der Waals surface area contributed by atoms with E-state index in [1.807, 2.05) is 0 Å². The molecule has 2 N–H and O–H groups in total. The molecule has 0 unspecified atom stereocenters. The van der Waals surface area contributed by atoms with Crippen LogP contribution in [0.1, 0.15) is 37.7 Å². The zero-order valence-electron chi connectivity index (χ0n) is 12.0. The van der Waals surface area contributed by atoms with Crippen LogP contribution >= 0.6 is 11.6 Å². The van der Waals surface area contributed by atoms with Crippen molar-refractivity contribution < 1.29 is 27.9 Å². The van der Waals surface area contributed by atoms with E-state index in [1.165, 1.54) is 0 Å². The van der Waals surface area contributed by atoms with Gasteiger partial charge >= 0.3 is 12.1 Å². The predicted octanol–water partition coefficient (Wildman–Crippen LogP) is 4.33. The lowest BCUT2D eigenvalue weighted by atomic mass is 9.82. The third kappa shape index (κ3) is 3.96. The number of hydrogen-bond donors (Lipinski definition) is 2. The Morgan fingerprint density at radius 3 is 2.35 bits per heavy atom. The lowest BCUT2D eigenvalue weighted by Gasteiger charge is -2.23. The first-order chi connectivity index (χ1) is 10.6. The van der Waals surface area contributed by atoms with Gasteiger partial charge in [-0.3, -0.25) is 9.59 Å². The van der Waals surface area contributed by atoms with Gasteiger partial charge in [0, 0.05) is 6.42 Å². The minimum absolute atomic E-state index is 0.0307. The molecular weight excluding hydrogens is 335 g/mol. The number of halogens is 4. The summed E-state index contributed by atoms with van der Waals surface area (Å²) in [5, 5.41) is 11.5. The maximum atomic E-state index is 12.6. The van der Waals surface area contributed by atoms with E-state index in [2.05, 4.69) is 5.32 Å². The maximum absolute atomic E-state index is 12.6. The molecule has 0 radical (unpaired) electrons. The van der Waals surface area contributed by atoms with Crippen molar-refractivity contribution in [1.82, 2.24) is 0 Å². The number of anilines is 1. The number of rotatable bonds is 4. The Bertz CT molecular complexity index is 625. The molecule has 1 aliphatic carbocycles. The molecule has 1 amide bonds. The van der Waals surface area contributed by atoms with Gasteiger partial charge in [-0.25, -0.2) is 0 Å². The summed E-state index contributed by atoms with van der Waals surface area (Å²) in [5.41, 5.74) is -1.98. The van der Waals surface area contributed by atoms with E-state index in [-0.39, 0.29) is 17.1 Å². The van der Waals surface area contributed by atoms with Gasteiger partial charge in [0.25, 0.3) is 0 Å². The molecule has 8 heteroatoms. The van der Waals surface area contributed by atoms with E-state index in [9.17, 15) is 27.9 Å². The number of hydrogen-bond acceptors (Lipinski definition) is 2. The highest BCUT2D eigenvalue weighted by molar-refractivity contribution is 6.33. The van der Waals surface area contributed by atoms with Crippen molar-refractivity contribution >= 4 is 29.2 Å². The topological polar surface area (TPSA) is 66.4 Å². The second kappa shape index (κ2) is 6.39. The Balaban J connectivity index is 2.10. The zero-order chi connectivity index (χ0) is 17.3. The number of aliphatic carboxylic acids is 1. The summed E-state index contributed by atoms with van der Waals surface area (Å²) < 4.78 is 37.7. The van der Waals surface area contributed by atoms with Crippen LogP contribution < -0.4 is 5.32 Å². The van der Waals surface area contributed by atoms with Gasteiger partial charge in [-0.15, -0.1) is 0 Å². The first kappa shape index (κ1) is 17.6. The summed E-state index contributed by atoms with van der Waals surface area (Å²) >= 11 is 5.76. The van der Waals surface area contributed by atoms with Crippen LogP contribution in [0.3, 0.4) is 0 Å². The third-order valence-corrected chi connectivity index (χ3v) is 4.40. The molecule has 23 heavy (non-hydrogen) atoms. The van der Waals surface area contributed by atoms with E-state index in [1.54, 1.807) is 0 Å². The van der Waals surface area contributed by atoms with Crippen LogP contribution in [0.4, 0.5) is 18.9 Å². The van der Waals surface area contributed by atoms with Crippen molar-refractivity contribution in [2.75, 3.05) is 5.32 Å². The number of nitrogens with one attached hydrogen (secondary N) is 1. The molecule has 1 aromatic carbocycles. The van der Waals surface area contributed by atoms with Gasteiger partial charge in [0.05, 0.1) is 21.7 Å². The Morgan fingerprint density at radius 1 is 1.26 bits per heavy atom. The van der Waals surface area contributed by atoms with Crippen LogP contribution in [-0.2, 0) is 15.8 Å². The molecule has 2 rings (SSSR count). The predicted molar refractivity (Wildman–Crippen MR) is 78.2 cm³/mol. The molecule has 1 fully saturated rings. The van der Waals surface area contributed by atoms with Crippen LogP contribution in [0.5, 0.6) is 0 Å². The summed E-state index contributed by atoms with van der Waals surface area (Å²) in [6, 6.07) is 2.59. The number of benzene rings is 1. The smallest absolute Gasteiger partial charge is 0.416 e. The Kier molecular flexibility index (Phi) is 4.89. The number of carboxylic acid groups (broad SMARTS) is 1. The molecule has 0 bridgehead atoms. The van der Waals surface area contributed by atoms with Crippen LogP contribution in [0.2, 0.25) is 5.02 Å². The molecule has 1 saturated carbocycles. The van der Waals surface area contributed by atoms with Crippen LogP contribution in [0.15, 0.2) is 18.2 Å². The lowest BCUT2D eigenvalue weighted by Crippen LogP contribution is -2.32. The number of carboxylic acids is 1. The highest BCUT2D eigenvalue weighted by atomic mass is 35.5. The van der Waals surface area contributed by atoms with Crippen LogP contribution in [0, 0.1) is 5.41 Å². The Labute approximate surface area is 135 Å². The molecule has 126 valence electrons. The Hall–Kier alpha value is -1.76. The second-order valence-corrected chi connectivity index (χ2v) is 6.12. The van der Waals surface area contributed by atoms with Gasteiger partial charge in [0.15, 0.2) is 0 Å². The lowest BCUT2D eigenvalue weighted by molar-refractivity contribution is -0.150. The van der Waals surface area contributed by atoms with Crippen LogP contribution in [0.25, 0.3) is 0 Å². The normalized spacial score (nSPS) is 17.0. The fourth-order valence-electron chi connectivity index (χ4n) is 2.81. The van der Waals surface area contributed by atoms with E-state index in [0.717, 1.165) is 31.0 Å². The summed E-state index contributed by atoms with van der Waals surface area (Å²) in [4.78, 5) is 23.5. The first-order valence-electron chi connectivity index (χ1n) is 7.04. The average molecular weight is 350 g/mol. The van der Waals surface area contributed by atoms with Gasteiger partial charge in [-0.05, 0) is 31.0 Å². The van der Waals surface area contributed by atoms with Crippen molar-refractivity contribution in [3.63, 3.8) is 0 Å². The first-order valence-corrected chi connectivity index (χ1v) is 7.42. The SMILES string of the molecule is O=C(CC1(C(=O)O)CCCC1)Nc1ccc(C(F)(F)F)cc1Cl. The number of amides is 1. The molecule has 1 aliphatic rings. The number of carbonyl (C=O) groups excluding carboxylic acids is 1. The van der Waals surface area contributed by atoms with Crippen molar-refractivity contribution in [2.45, 2.75) is 38.3 Å². The number of alkyl halides is 3. The number of carbonyl (C=O) groups is 2. The van der Waals surface area contributed by atoms with Crippen molar-refractivity contribution in [3.8, 4) is 0 Å². The zero-order valence-corrected chi connectivity index (χ0v) is 12.8. The Morgan fingerprint density at radius 2 is 1.87 bits per heavy atom. The van der Waals surface area contributed by atoms with E-state index >= 15 is 0 Å². The third-order valence-electron chi connectivity index (χ3n) is 4.08. The highest BCUT2D eigenvalue weighted by Gasteiger charge is 2.43. The van der Waals surface area contributed by atoms with E-state index in [4.69, 9.17) is 11.6 Å². The monoisotopic (exact) mass is 349 g/mol. The molecule has 1 aromatic rings. The van der Waals surface area contributed by atoms with Crippen LogP contribution in [-0.4, -0.2) is 17.0 Å². The van der Waals surface area contributed by atoms with E-state index in [0.29, 0.717) is 12.8 Å². The highest BCUT2D eigenvalue weighted by Crippen LogP contribution is 2.42.